The summed E-state index contributed by atoms with van der Waals surface area (Å²) in [4.78, 5) is 11.8. The fourth-order valence-electron chi connectivity index (χ4n) is 1.79. The first-order valence-electron chi connectivity index (χ1n) is 6.17. The van der Waals surface area contributed by atoms with Gasteiger partial charge in [-0.2, -0.15) is 0 Å². The molecule has 0 saturated carbocycles. The smallest absolute Gasteiger partial charge is 0.279 e. The number of halogens is 2. The number of benzene rings is 1. The second kappa shape index (κ2) is 6.79. The second-order valence-electron chi connectivity index (χ2n) is 4.45. The minimum atomic E-state index is -0.123. The third-order valence-corrected chi connectivity index (χ3v) is 3.23. The van der Waals surface area contributed by atoms with Crippen LogP contribution in [0.5, 0.6) is 0 Å². The monoisotopic (exact) mass is 313 g/mol. The van der Waals surface area contributed by atoms with Crippen LogP contribution in [0.1, 0.15) is 18.7 Å². The van der Waals surface area contributed by atoms with Gasteiger partial charge in [-0.1, -0.05) is 23.2 Å². The Balaban J connectivity index is 1.86. The lowest BCUT2D eigenvalue weighted by molar-refractivity contribution is -0.684. The zero-order chi connectivity index (χ0) is 14.5. The van der Waals surface area contributed by atoms with Gasteiger partial charge < -0.3 is 15.1 Å². The number of nitrogens with one attached hydrogen (secondary N) is 1. The van der Waals surface area contributed by atoms with Gasteiger partial charge in [-0.25, -0.2) is 0 Å². The molecule has 0 aliphatic carbocycles. The molecule has 4 nitrogen and oxygen atoms in total. The van der Waals surface area contributed by atoms with E-state index in [2.05, 4.69) is 5.32 Å². The van der Waals surface area contributed by atoms with Crippen molar-refractivity contribution in [3.8, 4) is 0 Å². The molecule has 2 rings (SSSR count). The maximum Gasteiger partial charge on any atom is 0.279 e. The number of rotatable bonds is 5. The van der Waals surface area contributed by atoms with Crippen LogP contribution >= 0.6 is 23.2 Å². The molecule has 1 heterocycles. The first-order valence-corrected chi connectivity index (χ1v) is 6.93. The fraction of sp³-hybridized carbons (Fsp3) is 0.214. The van der Waals surface area contributed by atoms with Gasteiger partial charge in [0.1, 0.15) is 6.04 Å². The number of carbonyl (C=O) groups excluding carboxylic acids is 1. The fourth-order valence-corrected chi connectivity index (χ4v) is 2.31. The summed E-state index contributed by atoms with van der Waals surface area (Å²) in [6.45, 7) is 2.26. The highest BCUT2D eigenvalue weighted by Gasteiger charge is 2.13. The molecular formula is C14H15Cl2N2O2+. The minimum Gasteiger partial charge on any atom is -0.463 e. The van der Waals surface area contributed by atoms with E-state index in [4.69, 9.17) is 27.6 Å². The number of hydrogen-bond acceptors (Lipinski definition) is 2. The van der Waals surface area contributed by atoms with Gasteiger partial charge in [0, 0.05) is 15.7 Å². The average Bonchev–Trinajstić information content (AvgIpc) is 2.88. The van der Waals surface area contributed by atoms with Crippen LogP contribution in [0.2, 0.25) is 10.0 Å². The molecule has 106 valence electrons. The Morgan fingerprint density at radius 1 is 1.35 bits per heavy atom. The summed E-state index contributed by atoms with van der Waals surface area (Å²) in [5.74, 6) is 0.713. The molecule has 0 unspecified atom stereocenters. The van der Waals surface area contributed by atoms with E-state index in [-0.39, 0.29) is 18.5 Å². The molecule has 0 fully saturated rings. The van der Waals surface area contributed by atoms with Gasteiger partial charge in [-0.05, 0) is 37.3 Å². The molecule has 1 aromatic heterocycles. The van der Waals surface area contributed by atoms with Crippen LogP contribution < -0.4 is 10.6 Å². The van der Waals surface area contributed by atoms with Gasteiger partial charge >= 0.3 is 0 Å². The summed E-state index contributed by atoms with van der Waals surface area (Å²) in [5.41, 5.74) is 0.589. The van der Waals surface area contributed by atoms with Crippen molar-refractivity contribution in [2.24, 2.45) is 0 Å². The molecular weight excluding hydrogens is 299 g/mol. The Bertz CT molecular complexity index is 565. The van der Waals surface area contributed by atoms with Crippen molar-refractivity contribution in [1.29, 1.82) is 0 Å². The minimum absolute atomic E-state index is 0.0821. The SMILES string of the molecule is C[C@@H]([NH2+]CC(=O)Nc1cc(Cl)cc(Cl)c1)c1ccco1. The van der Waals surface area contributed by atoms with E-state index in [9.17, 15) is 4.79 Å². The van der Waals surface area contributed by atoms with Crippen LogP contribution in [0.15, 0.2) is 41.0 Å². The van der Waals surface area contributed by atoms with Gasteiger partial charge in [-0.3, -0.25) is 4.79 Å². The van der Waals surface area contributed by atoms with Crippen molar-refractivity contribution >= 4 is 34.8 Å². The predicted octanol–water partition coefficient (Wildman–Crippen LogP) is 2.85. The molecule has 20 heavy (non-hydrogen) atoms. The summed E-state index contributed by atoms with van der Waals surface area (Å²) in [6, 6.07) is 8.72. The van der Waals surface area contributed by atoms with Crippen LogP contribution in [0.3, 0.4) is 0 Å². The highest BCUT2D eigenvalue weighted by molar-refractivity contribution is 6.35. The number of amides is 1. The number of quaternary nitrogens is 1. The van der Waals surface area contributed by atoms with Gasteiger partial charge in [0.05, 0.1) is 6.26 Å². The lowest BCUT2D eigenvalue weighted by Gasteiger charge is -2.09. The number of nitrogens with two attached hydrogens (primary N) is 1. The van der Waals surface area contributed by atoms with E-state index in [1.165, 1.54) is 0 Å². The quantitative estimate of drug-likeness (QED) is 0.891. The standard InChI is InChI=1S/C14H14Cl2N2O2/c1-9(13-3-2-4-20-13)17-8-14(19)18-12-6-10(15)5-11(16)7-12/h2-7,9,17H,8H2,1H3,(H,18,19)/p+1/t9-/m1/s1. The van der Waals surface area contributed by atoms with Crippen molar-refractivity contribution in [1.82, 2.24) is 0 Å². The molecule has 1 amide bonds. The Kier molecular flexibility index (Phi) is 5.06. The Morgan fingerprint density at radius 3 is 2.65 bits per heavy atom. The zero-order valence-corrected chi connectivity index (χ0v) is 12.4. The number of carbonyl (C=O) groups is 1. The van der Waals surface area contributed by atoms with E-state index in [0.29, 0.717) is 15.7 Å². The van der Waals surface area contributed by atoms with Crippen molar-refractivity contribution < 1.29 is 14.5 Å². The molecule has 0 bridgehead atoms. The summed E-state index contributed by atoms with van der Waals surface area (Å²) in [5, 5.41) is 5.62. The van der Waals surface area contributed by atoms with Crippen molar-refractivity contribution in [3.05, 3.63) is 52.4 Å². The molecule has 1 aromatic carbocycles. The zero-order valence-electron chi connectivity index (χ0n) is 10.9. The molecule has 0 aliphatic rings. The predicted molar refractivity (Wildman–Crippen MR) is 79.0 cm³/mol. The van der Waals surface area contributed by atoms with Crippen LogP contribution in [0.25, 0.3) is 0 Å². The first kappa shape index (κ1) is 14.9. The number of furan rings is 1. The van der Waals surface area contributed by atoms with E-state index in [1.807, 2.05) is 24.4 Å². The topological polar surface area (TPSA) is 58.9 Å². The molecule has 2 aromatic rings. The van der Waals surface area contributed by atoms with Crippen LogP contribution in [0.4, 0.5) is 5.69 Å². The molecule has 1 atom stereocenters. The lowest BCUT2D eigenvalue weighted by atomic mass is 10.2. The third kappa shape index (κ3) is 4.27. The average molecular weight is 314 g/mol. The van der Waals surface area contributed by atoms with E-state index < -0.39 is 0 Å². The van der Waals surface area contributed by atoms with Crippen LogP contribution in [-0.2, 0) is 4.79 Å². The molecule has 0 spiro atoms. The van der Waals surface area contributed by atoms with E-state index >= 15 is 0 Å². The molecule has 0 radical (unpaired) electrons. The molecule has 0 aliphatic heterocycles. The highest BCUT2D eigenvalue weighted by atomic mass is 35.5. The third-order valence-electron chi connectivity index (χ3n) is 2.80. The summed E-state index contributed by atoms with van der Waals surface area (Å²) in [7, 11) is 0. The number of anilines is 1. The van der Waals surface area contributed by atoms with E-state index in [0.717, 1.165) is 5.76 Å². The van der Waals surface area contributed by atoms with Gasteiger partial charge in [0.25, 0.3) is 5.91 Å². The number of hydrogen-bond donors (Lipinski definition) is 2. The normalized spacial score (nSPS) is 12.2. The van der Waals surface area contributed by atoms with Crippen molar-refractivity contribution in [2.75, 3.05) is 11.9 Å². The highest BCUT2D eigenvalue weighted by Crippen LogP contribution is 2.22. The summed E-state index contributed by atoms with van der Waals surface area (Å²) >= 11 is 11.7. The van der Waals surface area contributed by atoms with Crippen molar-refractivity contribution in [2.45, 2.75) is 13.0 Å². The molecule has 3 N–H and O–H groups in total. The second-order valence-corrected chi connectivity index (χ2v) is 5.32. The lowest BCUT2D eigenvalue weighted by Crippen LogP contribution is -2.86. The Labute approximate surface area is 127 Å². The maximum atomic E-state index is 11.8. The van der Waals surface area contributed by atoms with Gasteiger partial charge in [0.15, 0.2) is 12.3 Å². The van der Waals surface area contributed by atoms with Crippen LogP contribution in [-0.4, -0.2) is 12.5 Å². The van der Waals surface area contributed by atoms with E-state index in [1.54, 1.807) is 24.5 Å². The molecule has 6 heteroatoms. The first-order chi connectivity index (χ1) is 9.54. The van der Waals surface area contributed by atoms with Gasteiger partial charge in [-0.15, -0.1) is 0 Å². The summed E-state index contributed by atoms with van der Waals surface area (Å²) < 4.78 is 5.28. The Hall–Kier alpha value is -1.49. The van der Waals surface area contributed by atoms with Crippen LogP contribution in [0, 0.1) is 0 Å². The summed E-state index contributed by atoms with van der Waals surface area (Å²) in [6.07, 6.45) is 1.62. The maximum absolute atomic E-state index is 11.8. The molecule has 0 saturated heterocycles. The largest absolute Gasteiger partial charge is 0.463 e. The van der Waals surface area contributed by atoms with Gasteiger partial charge in [0.2, 0.25) is 0 Å². The Morgan fingerprint density at radius 2 is 2.05 bits per heavy atom. The van der Waals surface area contributed by atoms with Crippen molar-refractivity contribution in [3.63, 3.8) is 0 Å².